The number of rotatable bonds is 8. The zero-order valence-electron chi connectivity index (χ0n) is 16.0. The van der Waals surface area contributed by atoms with E-state index < -0.39 is 0 Å². The highest BCUT2D eigenvalue weighted by Crippen LogP contribution is 2.24. The van der Waals surface area contributed by atoms with Gasteiger partial charge < -0.3 is 9.30 Å². The van der Waals surface area contributed by atoms with Gasteiger partial charge in [-0.2, -0.15) is 5.10 Å². The molecule has 0 saturated carbocycles. The lowest BCUT2D eigenvalue weighted by atomic mass is 10.2. The van der Waals surface area contributed by atoms with E-state index in [2.05, 4.69) is 36.7 Å². The summed E-state index contributed by atoms with van der Waals surface area (Å²) in [6.45, 7) is 2.73. The molecule has 1 amide bonds. The Morgan fingerprint density at radius 2 is 2.07 bits per heavy atom. The van der Waals surface area contributed by atoms with Crippen molar-refractivity contribution in [3.8, 4) is 17.1 Å². The number of ether oxygens (including phenoxy) is 1. The maximum atomic E-state index is 12.2. The van der Waals surface area contributed by atoms with E-state index in [0.29, 0.717) is 17.5 Å². The average molecular weight is 474 g/mol. The minimum Gasteiger partial charge on any atom is -0.496 e. The second-order valence-electron chi connectivity index (χ2n) is 5.88. The third kappa shape index (κ3) is 5.45. The molecule has 7 nitrogen and oxygen atoms in total. The molecule has 150 valence electrons. The Hall–Kier alpha value is -2.65. The summed E-state index contributed by atoms with van der Waals surface area (Å²) in [6.07, 6.45) is 1.55. The van der Waals surface area contributed by atoms with Crippen LogP contribution in [0.4, 0.5) is 0 Å². The van der Waals surface area contributed by atoms with Gasteiger partial charge in [-0.25, -0.2) is 5.43 Å². The van der Waals surface area contributed by atoms with Crippen LogP contribution in [-0.4, -0.2) is 39.7 Å². The molecule has 0 saturated heterocycles. The quantitative estimate of drug-likeness (QED) is 0.304. The fraction of sp³-hybridized carbons (Fsp3) is 0.200. The molecule has 0 aliphatic carbocycles. The molecule has 3 aromatic rings. The normalized spacial score (nSPS) is 11.0. The standard InChI is InChI=1S/C20H20BrN5O2S/c1-3-26-19(14-7-5-4-6-8-14)24-25-20(26)29-13-18(27)23-22-12-15-11-16(21)9-10-17(15)28-2/h4-12H,3,13H2,1-2H3,(H,23,27)/b22-12+. The maximum Gasteiger partial charge on any atom is 0.250 e. The number of hydrogen-bond acceptors (Lipinski definition) is 6. The number of aromatic nitrogens is 3. The van der Waals surface area contributed by atoms with Crippen LogP contribution in [0.25, 0.3) is 11.4 Å². The molecule has 0 atom stereocenters. The highest BCUT2D eigenvalue weighted by molar-refractivity contribution is 9.10. The van der Waals surface area contributed by atoms with E-state index in [-0.39, 0.29) is 11.7 Å². The number of nitrogens with one attached hydrogen (secondary N) is 1. The minimum atomic E-state index is -0.230. The van der Waals surface area contributed by atoms with Crippen LogP contribution >= 0.6 is 27.7 Å². The average Bonchev–Trinajstić information content (AvgIpc) is 3.16. The maximum absolute atomic E-state index is 12.2. The number of amides is 1. The fourth-order valence-corrected chi connectivity index (χ4v) is 3.80. The van der Waals surface area contributed by atoms with Crippen LogP contribution in [0.3, 0.4) is 0 Å². The molecule has 0 radical (unpaired) electrons. The SMILES string of the molecule is CCn1c(SCC(=O)N/N=C/c2cc(Br)ccc2OC)nnc1-c1ccccc1. The van der Waals surface area contributed by atoms with Gasteiger partial charge in [0.1, 0.15) is 5.75 Å². The van der Waals surface area contributed by atoms with E-state index in [0.717, 1.165) is 21.4 Å². The number of nitrogens with zero attached hydrogens (tertiary/aromatic N) is 4. The Labute approximate surface area is 181 Å². The topological polar surface area (TPSA) is 81.4 Å². The smallest absolute Gasteiger partial charge is 0.250 e. The van der Waals surface area contributed by atoms with Gasteiger partial charge >= 0.3 is 0 Å². The van der Waals surface area contributed by atoms with Gasteiger partial charge in [-0.05, 0) is 25.1 Å². The Balaban J connectivity index is 1.60. The molecule has 3 rings (SSSR count). The van der Waals surface area contributed by atoms with Crippen molar-refractivity contribution in [3.63, 3.8) is 0 Å². The van der Waals surface area contributed by atoms with Crippen LogP contribution < -0.4 is 10.2 Å². The van der Waals surface area contributed by atoms with Gasteiger partial charge in [0, 0.05) is 22.1 Å². The Morgan fingerprint density at radius 1 is 1.28 bits per heavy atom. The number of thioether (sulfide) groups is 1. The predicted octanol–water partition coefficient (Wildman–Crippen LogP) is 3.98. The summed E-state index contributed by atoms with van der Waals surface area (Å²) in [7, 11) is 1.59. The number of carbonyl (C=O) groups excluding carboxylic acids is 1. The monoisotopic (exact) mass is 473 g/mol. The number of benzene rings is 2. The van der Waals surface area contributed by atoms with E-state index in [1.54, 1.807) is 13.3 Å². The van der Waals surface area contributed by atoms with Crippen molar-refractivity contribution in [2.75, 3.05) is 12.9 Å². The van der Waals surface area contributed by atoms with Gasteiger partial charge in [0.25, 0.3) is 5.91 Å². The number of carbonyl (C=O) groups is 1. The number of hydrazone groups is 1. The van der Waals surface area contributed by atoms with Crippen LogP contribution in [0.1, 0.15) is 12.5 Å². The highest BCUT2D eigenvalue weighted by Gasteiger charge is 2.14. The van der Waals surface area contributed by atoms with Gasteiger partial charge in [0.05, 0.1) is 19.1 Å². The first-order chi connectivity index (χ1) is 14.1. The molecule has 0 bridgehead atoms. The van der Waals surface area contributed by atoms with Gasteiger partial charge in [-0.15, -0.1) is 10.2 Å². The van der Waals surface area contributed by atoms with E-state index in [9.17, 15) is 4.79 Å². The second kappa shape index (κ2) is 10.2. The number of hydrogen-bond donors (Lipinski definition) is 1. The van der Waals surface area contributed by atoms with Crippen molar-refractivity contribution in [3.05, 3.63) is 58.6 Å². The Kier molecular flexibility index (Phi) is 7.42. The third-order valence-electron chi connectivity index (χ3n) is 3.98. The van der Waals surface area contributed by atoms with Crippen LogP contribution in [0.2, 0.25) is 0 Å². The van der Waals surface area contributed by atoms with Crippen molar-refractivity contribution in [1.82, 2.24) is 20.2 Å². The van der Waals surface area contributed by atoms with Crippen LogP contribution in [0, 0.1) is 0 Å². The zero-order valence-corrected chi connectivity index (χ0v) is 18.4. The van der Waals surface area contributed by atoms with Gasteiger partial charge in [0.15, 0.2) is 11.0 Å². The van der Waals surface area contributed by atoms with E-state index in [1.807, 2.05) is 60.0 Å². The van der Waals surface area contributed by atoms with Gasteiger partial charge in [-0.1, -0.05) is 58.0 Å². The molecule has 29 heavy (non-hydrogen) atoms. The highest BCUT2D eigenvalue weighted by atomic mass is 79.9. The molecule has 9 heteroatoms. The number of halogens is 1. The van der Waals surface area contributed by atoms with Crippen LogP contribution in [0.5, 0.6) is 5.75 Å². The molecule has 1 N–H and O–H groups in total. The van der Waals surface area contributed by atoms with Crippen molar-refractivity contribution >= 4 is 39.8 Å². The fourth-order valence-electron chi connectivity index (χ4n) is 2.62. The summed E-state index contributed by atoms with van der Waals surface area (Å²) in [5.41, 5.74) is 4.28. The first-order valence-electron chi connectivity index (χ1n) is 8.89. The largest absolute Gasteiger partial charge is 0.496 e. The summed E-state index contributed by atoms with van der Waals surface area (Å²) >= 11 is 4.73. The van der Waals surface area contributed by atoms with Crippen molar-refractivity contribution in [1.29, 1.82) is 0 Å². The molecular weight excluding hydrogens is 454 g/mol. The van der Waals surface area contributed by atoms with E-state index in [4.69, 9.17) is 4.74 Å². The molecular formula is C20H20BrN5O2S. The summed E-state index contributed by atoms with van der Waals surface area (Å²) in [5, 5.41) is 13.2. The molecule has 0 unspecified atom stereocenters. The van der Waals surface area contributed by atoms with Crippen molar-refractivity contribution in [2.24, 2.45) is 5.10 Å². The molecule has 0 aliphatic heterocycles. The Bertz CT molecular complexity index is 1010. The molecule has 2 aromatic carbocycles. The molecule has 1 heterocycles. The summed E-state index contributed by atoms with van der Waals surface area (Å²) in [4.78, 5) is 12.2. The molecule has 1 aromatic heterocycles. The van der Waals surface area contributed by atoms with Crippen molar-refractivity contribution in [2.45, 2.75) is 18.6 Å². The molecule has 0 spiro atoms. The predicted molar refractivity (Wildman–Crippen MR) is 118 cm³/mol. The molecule has 0 aliphatic rings. The van der Waals surface area contributed by atoms with E-state index >= 15 is 0 Å². The van der Waals surface area contributed by atoms with Gasteiger partial charge in [-0.3, -0.25) is 4.79 Å². The lowest BCUT2D eigenvalue weighted by Gasteiger charge is -2.07. The Morgan fingerprint density at radius 3 is 2.79 bits per heavy atom. The minimum absolute atomic E-state index is 0.180. The molecule has 0 fully saturated rings. The first kappa shape index (κ1) is 21.1. The first-order valence-corrected chi connectivity index (χ1v) is 10.7. The lowest BCUT2D eigenvalue weighted by Crippen LogP contribution is -2.20. The lowest BCUT2D eigenvalue weighted by molar-refractivity contribution is -0.118. The third-order valence-corrected chi connectivity index (χ3v) is 5.44. The summed E-state index contributed by atoms with van der Waals surface area (Å²) in [6, 6.07) is 15.4. The van der Waals surface area contributed by atoms with E-state index in [1.165, 1.54) is 11.8 Å². The van der Waals surface area contributed by atoms with Crippen LogP contribution in [-0.2, 0) is 11.3 Å². The number of methoxy groups -OCH3 is 1. The summed E-state index contributed by atoms with van der Waals surface area (Å²) < 4.78 is 8.17. The summed E-state index contributed by atoms with van der Waals surface area (Å²) in [5.74, 6) is 1.41. The second-order valence-corrected chi connectivity index (χ2v) is 7.74. The zero-order chi connectivity index (χ0) is 20.6. The van der Waals surface area contributed by atoms with Crippen LogP contribution in [0.15, 0.2) is 63.3 Å². The van der Waals surface area contributed by atoms with Gasteiger partial charge in [0.2, 0.25) is 0 Å². The van der Waals surface area contributed by atoms with Crippen molar-refractivity contribution < 1.29 is 9.53 Å².